The minimum atomic E-state index is -1.26. The van der Waals surface area contributed by atoms with Gasteiger partial charge < -0.3 is 30.7 Å². The lowest BCUT2D eigenvalue weighted by Gasteiger charge is -2.23. The summed E-state index contributed by atoms with van der Waals surface area (Å²) in [6.07, 6.45) is 0.302. The van der Waals surface area contributed by atoms with Gasteiger partial charge in [0.2, 0.25) is 11.8 Å². The lowest BCUT2D eigenvalue weighted by atomic mass is 9.93. The second-order valence-electron chi connectivity index (χ2n) is 7.74. The SMILES string of the molecule is CSCC[C@H](NC(=O)[C@H](CO)CC(=O)[C@H](CCC(=O)O)NC(C)=O)C(=O)C[C@H](C=O)CC(=O)O. The van der Waals surface area contributed by atoms with E-state index in [4.69, 9.17) is 10.2 Å². The highest BCUT2D eigenvalue weighted by Gasteiger charge is 2.30. The molecule has 13 heteroatoms. The minimum Gasteiger partial charge on any atom is -0.481 e. The zero-order valence-electron chi connectivity index (χ0n) is 19.2. The molecule has 0 radical (unpaired) electrons. The monoisotopic (exact) mass is 504 g/mol. The standard InChI is InChI=1S/C21H32N2O10S/c1-12(26)22-15(3-4-19(29)30)18(28)9-14(11-25)21(33)23-16(5-6-34-2)17(27)7-13(10-24)8-20(31)32/h10,13-16,25H,3-9,11H2,1-2H3,(H,22,26)(H,23,33)(H,29,30)(H,31,32)/t13-,14-,15-,16-/m0/s1. The summed E-state index contributed by atoms with van der Waals surface area (Å²) in [5.74, 6) is -6.86. The number of aldehydes is 1. The molecule has 12 nitrogen and oxygen atoms in total. The maximum atomic E-state index is 12.7. The highest BCUT2D eigenvalue weighted by Crippen LogP contribution is 2.14. The van der Waals surface area contributed by atoms with Gasteiger partial charge in [-0.2, -0.15) is 11.8 Å². The number of rotatable bonds is 19. The van der Waals surface area contributed by atoms with Crippen molar-refractivity contribution in [1.82, 2.24) is 10.6 Å². The number of aliphatic hydroxyl groups is 1. The number of amides is 2. The summed E-state index contributed by atoms with van der Waals surface area (Å²) < 4.78 is 0. The predicted octanol–water partition coefficient (Wildman–Crippen LogP) is -0.589. The molecular formula is C21H32N2O10S. The van der Waals surface area contributed by atoms with Crippen LogP contribution in [-0.2, 0) is 33.6 Å². The van der Waals surface area contributed by atoms with Crippen molar-refractivity contribution in [2.75, 3.05) is 18.6 Å². The van der Waals surface area contributed by atoms with Crippen LogP contribution in [-0.4, -0.2) is 87.6 Å². The van der Waals surface area contributed by atoms with Gasteiger partial charge in [0.1, 0.15) is 6.29 Å². The van der Waals surface area contributed by atoms with Crippen molar-refractivity contribution in [3.63, 3.8) is 0 Å². The number of ketones is 2. The molecule has 0 aromatic rings. The molecule has 5 N–H and O–H groups in total. The van der Waals surface area contributed by atoms with Gasteiger partial charge in [-0.05, 0) is 24.9 Å². The summed E-state index contributed by atoms with van der Waals surface area (Å²) in [5, 5.41) is 32.1. The summed E-state index contributed by atoms with van der Waals surface area (Å²) in [4.78, 5) is 82.0. The molecule has 2 amide bonds. The first-order chi connectivity index (χ1) is 15.9. The van der Waals surface area contributed by atoms with Gasteiger partial charge in [-0.25, -0.2) is 0 Å². The Kier molecular flexibility index (Phi) is 15.4. The van der Waals surface area contributed by atoms with E-state index in [0.717, 1.165) is 6.92 Å². The van der Waals surface area contributed by atoms with Gasteiger partial charge in [-0.1, -0.05) is 0 Å². The fraction of sp³-hybridized carbons (Fsp3) is 0.667. The number of carboxylic acids is 2. The van der Waals surface area contributed by atoms with Gasteiger partial charge in [-0.3, -0.25) is 28.8 Å². The normalized spacial score (nSPS) is 14.2. The molecule has 0 bridgehead atoms. The minimum absolute atomic E-state index is 0.184. The largest absolute Gasteiger partial charge is 0.481 e. The third-order valence-electron chi connectivity index (χ3n) is 4.86. The van der Waals surface area contributed by atoms with E-state index >= 15 is 0 Å². The van der Waals surface area contributed by atoms with Crippen molar-refractivity contribution in [3.05, 3.63) is 0 Å². The van der Waals surface area contributed by atoms with Crippen molar-refractivity contribution in [1.29, 1.82) is 0 Å². The molecule has 0 aliphatic heterocycles. The Balaban J connectivity index is 5.34. The van der Waals surface area contributed by atoms with Gasteiger partial charge >= 0.3 is 11.9 Å². The van der Waals surface area contributed by atoms with E-state index in [2.05, 4.69) is 10.6 Å². The van der Waals surface area contributed by atoms with Crippen molar-refractivity contribution >= 4 is 53.4 Å². The van der Waals surface area contributed by atoms with E-state index < -0.39 is 91.5 Å². The summed E-state index contributed by atoms with van der Waals surface area (Å²) in [6, 6.07) is -2.22. The van der Waals surface area contributed by atoms with Gasteiger partial charge in [0.15, 0.2) is 11.6 Å². The Bertz CT molecular complexity index is 758. The average molecular weight is 505 g/mol. The van der Waals surface area contributed by atoms with E-state index in [1.807, 2.05) is 0 Å². The fourth-order valence-electron chi connectivity index (χ4n) is 3.08. The molecule has 0 heterocycles. The Morgan fingerprint density at radius 1 is 0.882 bits per heavy atom. The number of thioether (sulfide) groups is 1. The number of carbonyl (C=O) groups is 7. The third-order valence-corrected chi connectivity index (χ3v) is 5.50. The van der Waals surface area contributed by atoms with Crippen LogP contribution in [0.3, 0.4) is 0 Å². The van der Waals surface area contributed by atoms with Crippen LogP contribution < -0.4 is 10.6 Å². The van der Waals surface area contributed by atoms with Crippen LogP contribution in [0.25, 0.3) is 0 Å². The molecule has 0 saturated heterocycles. The quantitative estimate of drug-likeness (QED) is 0.141. The molecule has 34 heavy (non-hydrogen) atoms. The molecule has 0 aliphatic carbocycles. The second-order valence-corrected chi connectivity index (χ2v) is 8.73. The summed E-state index contributed by atoms with van der Waals surface area (Å²) in [7, 11) is 0. The molecule has 0 aliphatic rings. The Morgan fingerprint density at radius 3 is 1.94 bits per heavy atom. The van der Waals surface area contributed by atoms with Crippen molar-refractivity contribution in [2.45, 2.75) is 57.5 Å². The molecule has 0 saturated carbocycles. The van der Waals surface area contributed by atoms with Crippen LogP contribution in [0.2, 0.25) is 0 Å². The molecule has 0 fully saturated rings. The first kappa shape index (κ1) is 31.2. The molecule has 4 atom stereocenters. The zero-order chi connectivity index (χ0) is 26.3. The van der Waals surface area contributed by atoms with Crippen LogP contribution in [0.1, 0.15) is 45.4 Å². The molecule has 0 spiro atoms. The second kappa shape index (κ2) is 16.8. The van der Waals surface area contributed by atoms with Gasteiger partial charge in [0, 0.05) is 32.1 Å². The Labute approximate surface area is 201 Å². The topological polar surface area (TPSA) is 204 Å². The van der Waals surface area contributed by atoms with Gasteiger partial charge in [-0.15, -0.1) is 0 Å². The molecule has 0 rings (SSSR count). The van der Waals surface area contributed by atoms with Crippen LogP contribution in [0.4, 0.5) is 0 Å². The van der Waals surface area contributed by atoms with E-state index in [9.17, 15) is 38.7 Å². The number of aliphatic hydroxyl groups excluding tert-OH is 1. The fourth-order valence-corrected chi connectivity index (χ4v) is 3.56. The Hall–Kier alpha value is -2.80. The summed E-state index contributed by atoms with van der Waals surface area (Å²) >= 11 is 1.39. The lowest BCUT2D eigenvalue weighted by Crippen LogP contribution is -2.47. The predicted molar refractivity (Wildman–Crippen MR) is 121 cm³/mol. The zero-order valence-corrected chi connectivity index (χ0v) is 20.0. The molecular weight excluding hydrogens is 472 g/mol. The molecule has 192 valence electrons. The number of hydrogen-bond acceptors (Lipinski definition) is 9. The molecule has 0 unspecified atom stereocenters. The van der Waals surface area contributed by atoms with Crippen molar-refractivity contribution in [3.8, 4) is 0 Å². The highest BCUT2D eigenvalue weighted by atomic mass is 32.2. The van der Waals surface area contributed by atoms with Crippen molar-refractivity contribution < 1.29 is 48.9 Å². The molecule has 0 aromatic heterocycles. The van der Waals surface area contributed by atoms with E-state index in [1.165, 1.54) is 11.8 Å². The van der Waals surface area contributed by atoms with E-state index in [1.54, 1.807) is 6.26 Å². The lowest BCUT2D eigenvalue weighted by molar-refractivity contribution is -0.140. The van der Waals surface area contributed by atoms with Crippen LogP contribution >= 0.6 is 11.8 Å². The van der Waals surface area contributed by atoms with Crippen LogP contribution in [0, 0.1) is 11.8 Å². The van der Waals surface area contributed by atoms with Gasteiger partial charge in [0.05, 0.1) is 31.0 Å². The van der Waals surface area contributed by atoms with Crippen LogP contribution in [0.5, 0.6) is 0 Å². The number of carboxylic acid groups (broad SMARTS) is 2. The Morgan fingerprint density at radius 2 is 1.47 bits per heavy atom. The average Bonchev–Trinajstić information content (AvgIpc) is 2.75. The number of aliphatic carboxylic acids is 2. The molecule has 0 aromatic carbocycles. The van der Waals surface area contributed by atoms with Crippen molar-refractivity contribution in [2.24, 2.45) is 11.8 Å². The van der Waals surface area contributed by atoms with Crippen LogP contribution in [0.15, 0.2) is 0 Å². The van der Waals surface area contributed by atoms with E-state index in [-0.39, 0.29) is 12.8 Å². The summed E-state index contributed by atoms with van der Waals surface area (Å²) in [6.45, 7) is 0.402. The van der Waals surface area contributed by atoms with Gasteiger partial charge in [0.25, 0.3) is 0 Å². The first-order valence-corrected chi connectivity index (χ1v) is 12.0. The first-order valence-electron chi connectivity index (χ1n) is 10.6. The maximum Gasteiger partial charge on any atom is 0.304 e. The summed E-state index contributed by atoms with van der Waals surface area (Å²) in [5.41, 5.74) is 0. The maximum absolute atomic E-state index is 12.7. The smallest absolute Gasteiger partial charge is 0.304 e. The van der Waals surface area contributed by atoms with E-state index in [0.29, 0.717) is 12.0 Å². The number of nitrogens with one attached hydrogen (secondary N) is 2. The number of Topliss-reactive ketones (excluding diaryl/α,β-unsaturated/α-hetero) is 2. The third kappa shape index (κ3) is 13.0. The number of carbonyl (C=O) groups excluding carboxylic acids is 5. The number of hydrogen-bond donors (Lipinski definition) is 5. The highest BCUT2D eigenvalue weighted by molar-refractivity contribution is 7.98.